The average molecular weight is 474 g/mol. The number of hydrogen-bond donors (Lipinski definition) is 0. The number of rotatable bonds is 7. The van der Waals surface area contributed by atoms with E-state index in [2.05, 4.69) is 9.97 Å². The number of benzene rings is 2. The summed E-state index contributed by atoms with van der Waals surface area (Å²) in [6.45, 7) is 0. The quantitative estimate of drug-likeness (QED) is 0.335. The van der Waals surface area contributed by atoms with E-state index in [1.807, 2.05) is 12.1 Å². The number of carbonyl (C=O) groups is 1. The summed E-state index contributed by atoms with van der Waals surface area (Å²) in [5, 5.41) is 0. The van der Waals surface area contributed by atoms with Gasteiger partial charge in [-0.1, -0.05) is 43.5 Å². The highest BCUT2D eigenvalue weighted by Gasteiger charge is 2.20. The molecule has 1 aliphatic carbocycles. The van der Waals surface area contributed by atoms with Crippen molar-refractivity contribution < 1.29 is 13.2 Å². The minimum Gasteiger partial charge on any atom is -0.294 e. The summed E-state index contributed by atoms with van der Waals surface area (Å²) in [6.07, 6.45) is 13.7. The molecule has 0 radical (unpaired) electrons. The van der Waals surface area contributed by atoms with Crippen LogP contribution in [0.5, 0.6) is 0 Å². The van der Waals surface area contributed by atoms with Crippen molar-refractivity contribution in [3.8, 4) is 0 Å². The number of sulfone groups is 1. The molecule has 2 heterocycles. The molecular weight excluding hydrogens is 446 g/mol. The Balaban J connectivity index is 1.24. The van der Waals surface area contributed by atoms with E-state index in [4.69, 9.17) is 0 Å². The predicted molar refractivity (Wildman–Crippen MR) is 130 cm³/mol. The molecule has 0 N–H and O–H groups in total. The second-order valence-corrected chi connectivity index (χ2v) is 10.9. The summed E-state index contributed by atoms with van der Waals surface area (Å²) >= 11 is 0. The highest BCUT2D eigenvalue weighted by Crippen LogP contribution is 2.33. The van der Waals surface area contributed by atoms with Crippen molar-refractivity contribution in [1.82, 2.24) is 14.4 Å². The molecule has 0 unspecified atom stereocenters. The van der Waals surface area contributed by atoms with Gasteiger partial charge in [0.2, 0.25) is 15.6 Å². The number of ketones is 1. The first-order chi connectivity index (χ1) is 16.5. The highest BCUT2D eigenvalue weighted by molar-refractivity contribution is 7.91. The lowest BCUT2D eigenvalue weighted by atomic mass is 9.84. The summed E-state index contributed by atoms with van der Waals surface area (Å²) < 4.78 is 27.9. The van der Waals surface area contributed by atoms with E-state index in [1.165, 1.54) is 37.7 Å². The Hall–Kier alpha value is -3.32. The first kappa shape index (κ1) is 22.5. The fourth-order valence-corrected chi connectivity index (χ4v) is 5.95. The van der Waals surface area contributed by atoms with Crippen molar-refractivity contribution >= 4 is 21.4 Å². The smallest absolute Gasteiger partial charge is 0.233 e. The van der Waals surface area contributed by atoms with Gasteiger partial charge < -0.3 is 0 Å². The second kappa shape index (κ2) is 9.50. The Kier molecular flexibility index (Phi) is 6.28. The van der Waals surface area contributed by atoms with E-state index >= 15 is 0 Å². The van der Waals surface area contributed by atoms with Gasteiger partial charge in [0.1, 0.15) is 0 Å². The molecule has 0 aliphatic heterocycles. The zero-order chi connectivity index (χ0) is 23.5. The predicted octanol–water partition coefficient (Wildman–Crippen LogP) is 5.43. The number of Topliss-reactive ketones (excluding diaryl/α,β-unsaturated/α-hetero) is 1. The third-order valence-electron chi connectivity index (χ3n) is 6.71. The lowest BCUT2D eigenvalue weighted by Gasteiger charge is -2.22. The van der Waals surface area contributed by atoms with Crippen LogP contribution in [-0.2, 0) is 16.3 Å². The van der Waals surface area contributed by atoms with E-state index in [9.17, 15) is 13.2 Å². The largest absolute Gasteiger partial charge is 0.294 e. The summed E-state index contributed by atoms with van der Waals surface area (Å²) in [5.74, 6) is 1.08. The highest BCUT2D eigenvalue weighted by atomic mass is 32.2. The molecule has 1 saturated carbocycles. The number of fused-ring (bicyclic) bond motifs is 1. The minimum atomic E-state index is -3.58. The van der Waals surface area contributed by atoms with Crippen LogP contribution in [0.15, 0.2) is 83.1 Å². The van der Waals surface area contributed by atoms with E-state index in [0.717, 1.165) is 5.56 Å². The maximum absolute atomic E-state index is 13.1. The fraction of sp³-hybridized carbons (Fsp3) is 0.296. The molecule has 34 heavy (non-hydrogen) atoms. The van der Waals surface area contributed by atoms with Crippen molar-refractivity contribution in [3.05, 3.63) is 90.0 Å². The molecule has 6 nitrogen and oxygen atoms in total. The molecule has 0 amide bonds. The minimum absolute atomic E-state index is 0.0159. The van der Waals surface area contributed by atoms with Crippen LogP contribution in [-0.4, -0.2) is 28.6 Å². The monoisotopic (exact) mass is 473 g/mol. The Morgan fingerprint density at radius 3 is 2.29 bits per heavy atom. The average Bonchev–Trinajstić information content (AvgIpc) is 3.36. The van der Waals surface area contributed by atoms with Gasteiger partial charge in [0, 0.05) is 31.2 Å². The first-order valence-corrected chi connectivity index (χ1v) is 13.2. The number of hydrogen-bond acceptors (Lipinski definition) is 5. The molecule has 7 heteroatoms. The van der Waals surface area contributed by atoms with Gasteiger partial charge in [0.05, 0.1) is 15.4 Å². The second-order valence-electron chi connectivity index (χ2n) is 8.95. The van der Waals surface area contributed by atoms with Crippen LogP contribution >= 0.6 is 0 Å². The van der Waals surface area contributed by atoms with Crippen molar-refractivity contribution in [2.75, 3.05) is 0 Å². The molecule has 0 saturated heterocycles. The number of carbonyl (C=O) groups excluding carboxylic acids is 1. The van der Waals surface area contributed by atoms with Gasteiger partial charge in [-0.2, -0.15) is 0 Å². The van der Waals surface area contributed by atoms with Gasteiger partial charge in [0.15, 0.2) is 5.78 Å². The molecule has 0 atom stereocenters. The number of nitrogens with zero attached hydrogens (tertiary/aromatic N) is 3. The van der Waals surface area contributed by atoms with E-state index in [1.54, 1.807) is 65.6 Å². The molecule has 2 aromatic carbocycles. The van der Waals surface area contributed by atoms with Crippen LogP contribution in [0.25, 0.3) is 5.78 Å². The Labute approximate surface area is 199 Å². The van der Waals surface area contributed by atoms with Crippen LogP contribution in [0.4, 0.5) is 0 Å². The van der Waals surface area contributed by atoms with Crippen molar-refractivity contribution in [1.29, 1.82) is 0 Å². The Morgan fingerprint density at radius 1 is 0.912 bits per heavy atom. The van der Waals surface area contributed by atoms with Crippen LogP contribution in [0.3, 0.4) is 0 Å². The van der Waals surface area contributed by atoms with E-state index in [-0.39, 0.29) is 10.7 Å². The normalized spacial score (nSPS) is 14.9. The summed E-state index contributed by atoms with van der Waals surface area (Å²) in [4.78, 5) is 21.4. The maximum atomic E-state index is 13.1. The summed E-state index contributed by atoms with van der Waals surface area (Å²) in [7, 11) is -3.58. The van der Waals surface area contributed by atoms with Gasteiger partial charge in [-0.15, -0.1) is 0 Å². The molecule has 1 fully saturated rings. The molecule has 4 aromatic rings. The lowest BCUT2D eigenvalue weighted by molar-refractivity contribution is 0.0982. The third-order valence-corrected chi connectivity index (χ3v) is 8.49. The lowest BCUT2D eigenvalue weighted by Crippen LogP contribution is -2.06. The zero-order valence-corrected chi connectivity index (χ0v) is 19.7. The molecule has 5 rings (SSSR count). The van der Waals surface area contributed by atoms with E-state index < -0.39 is 9.84 Å². The topological polar surface area (TPSA) is 81.4 Å². The van der Waals surface area contributed by atoms with Gasteiger partial charge in [-0.05, 0) is 60.6 Å². The Bertz CT molecular complexity index is 1400. The Morgan fingerprint density at radius 2 is 1.59 bits per heavy atom. The van der Waals surface area contributed by atoms with Crippen molar-refractivity contribution in [2.24, 2.45) is 0 Å². The molecule has 174 valence electrons. The van der Waals surface area contributed by atoms with Gasteiger partial charge >= 0.3 is 0 Å². The molecule has 0 bridgehead atoms. The number of aromatic nitrogens is 3. The van der Waals surface area contributed by atoms with Crippen LogP contribution in [0, 0.1) is 0 Å². The number of imidazole rings is 1. The molecule has 1 aliphatic rings. The molecule has 0 spiro atoms. The summed E-state index contributed by atoms with van der Waals surface area (Å²) in [5.41, 5.74) is 2.68. The third kappa shape index (κ3) is 4.66. The molecular formula is C27H27N3O3S. The van der Waals surface area contributed by atoms with E-state index in [0.29, 0.717) is 35.0 Å². The van der Waals surface area contributed by atoms with Crippen molar-refractivity contribution in [2.45, 2.75) is 60.7 Å². The molecule has 2 aromatic heterocycles. The van der Waals surface area contributed by atoms with Crippen LogP contribution < -0.4 is 0 Å². The van der Waals surface area contributed by atoms with Gasteiger partial charge in [-0.25, -0.2) is 18.4 Å². The zero-order valence-electron chi connectivity index (χ0n) is 18.9. The fourth-order valence-electron chi connectivity index (χ4n) is 4.69. The van der Waals surface area contributed by atoms with Gasteiger partial charge in [-0.3, -0.25) is 9.20 Å². The van der Waals surface area contributed by atoms with Crippen molar-refractivity contribution in [3.63, 3.8) is 0 Å². The number of aryl methyl sites for hydroxylation is 1. The first-order valence-electron chi connectivity index (χ1n) is 11.8. The van der Waals surface area contributed by atoms with Crippen LogP contribution in [0.1, 0.15) is 65.9 Å². The van der Waals surface area contributed by atoms with Crippen LogP contribution in [0.2, 0.25) is 0 Å². The SMILES string of the molecule is O=C(CCc1ccc(S(=O)(=O)c2ccc(C3CCCCC3)cc2)cc1)c1cnc2nccn2c1. The maximum Gasteiger partial charge on any atom is 0.233 e. The standard InChI is InChI=1S/C27H27N3O3S/c31-26(23-18-29-27-28-16-17-30(27)19-23)15-8-20-6-11-24(12-7-20)34(32,33)25-13-9-22(10-14-25)21-4-2-1-3-5-21/h6-7,9-14,16-19,21H,1-5,8,15H2. The summed E-state index contributed by atoms with van der Waals surface area (Å²) in [6, 6.07) is 14.2. The van der Waals surface area contributed by atoms with Gasteiger partial charge in [0.25, 0.3) is 0 Å².